The Morgan fingerprint density at radius 2 is 1.52 bits per heavy atom. The van der Waals surface area contributed by atoms with Gasteiger partial charge in [-0.15, -0.1) is 0 Å². The lowest BCUT2D eigenvalue weighted by atomic mass is 10.2. The van der Waals surface area contributed by atoms with Gasteiger partial charge in [0.1, 0.15) is 5.75 Å². The first kappa shape index (κ1) is 18.2. The second kappa shape index (κ2) is 10.8. The standard InChI is InChI=1S/C16H27O4P/c1-3-19-21(17,20-4-2)15-11-6-5-10-14-18-16-12-8-7-9-13-16/h7-9,12-13H,3-6,10-11,14-15H2,1-2H3. The second-order valence-electron chi connectivity index (χ2n) is 4.75. The summed E-state index contributed by atoms with van der Waals surface area (Å²) in [6, 6.07) is 9.82. The molecule has 4 nitrogen and oxygen atoms in total. The van der Waals surface area contributed by atoms with Crippen LogP contribution in [0.15, 0.2) is 30.3 Å². The molecule has 0 atom stereocenters. The van der Waals surface area contributed by atoms with Gasteiger partial charge in [0.15, 0.2) is 0 Å². The van der Waals surface area contributed by atoms with Crippen molar-refractivity contribution >= 4 is 7.60 Å². The zero-order chi connectivity index (χ0) is 15.4. The minimum Gasteiger partial charge on any atom is -0.494 e. The Labute approximate surface area is 128 Å². The predicted octanol–water partition coefficient (Wildman–Crippen LogP) is 4.89. The van der Waals surface area contributed by atoms with Gasteiger partial charge in [-0.05, 0) is 38.8 Å². The van der Waals surface area contributed by atoms with E-state index in [1.54, 1.807) is 0 Å². The molecule has 1 aromatic carbocycles. The maximum Gasteiger partial charge on any atom is 0.330 e. The summed E-state index contributed by atoms with van der Waals surface area (Å²) in [7, 11) is -2.85. The molecule has 0 N–H and O–H groups in total. The molecular weight excluding hydrogens is 287 g/mol. The third-order valence-electron chi connectivity index (χ3n) is 2.99. The van der Waals surface area contributed by atoms with E-state index in [9.17, 15) is 4.57 Å². The van der Waals surface area contributed by atoms with E-state index in [1.165, 1.54) is 0 Å². The van der Waals surface area contributed by atoms with Crippen LogP contribution in [0.4, 0.5) is 0 Å². The van der Waals surface area contributed by atoms with Crippen molar-refractivity contribution in [2.45, 2.75) is 39.5 Å². The highest BCUT2D eigenvalue weighted by Gasteiger charge is 2.22. The van der Waals surface area contributed by atoms with Crippen LogP contribution in [0, 0.1) is 0 Å². The lowest BCUT2D eigenvalue weighted by molar-refractivity contribution is 0.219. The van der Waals surface area contributed by atoms with E-state index in [0.29, 0.717) is 19.4 Å². The topological polar surface area (TPSA) is 44.8 Å². The third kappa shape index (κ3) is 8.25. The van der Waals surface area contributed by atoms with Crippen LogP contribution >= 0.6 is 7.60 Å². The largest absolute Gasteiger partial charge is 0.494 e. The van der Waals surface area contributed by atoms with Gasteiger partial charge in [0.25, 0.3) is 0 Å². The maximum absolute atomic E-state index is 12.2. The summed E-state index contributed by atoms with van der Waals surface area (Å²) in [5, 5.41) is 0. The zero-order valence-electron chi connectivity index (χ0n) is 13.1. The monoisotopic (exact) mass is 314 g/mol. The van der Waals surface area contributed by atoms with E-state index in [1.807, 2.05) is 44.2 Å². The van der Waals surface area contributed by atoms with Crippen LogP contribution in [0.3, 0.4) is 0 Å². The van der Waals surface area contributed by atoms with Crippen molar-refractivity contribution in [3.05, 3.63) is 30.3 Å². The Bertz CT molecular complexity index is 398. The first-order valence-corrected chi connectivity index (χ1v) is 9.49. The number of para-hydroxylation sites is 1. The zero-order valence-corrected chi connectivity index (χ0v) is 14.0. The highest BCUT2D eigenvalue weighted by molar-refractivity contribution is 7.53. The van der Waals surface area contributed by atoms with Crippen molar-refractivity contribution in [2.75, 3.05) is 26.0 Å². The molecule has 0 heterocycles. The number of unbranched alkanes of at least 4 members (excludes halogenated alkanes) is 3. The Morgan fingerprint density at radius 3 is 2.14 bits per heavy atom. The normalized spacial score (nSPS) is 11.5. The van der Waals surface area contributed by atoms with E-state index < -0.39 is 7.60 Å². The van der Waals surface area contributed by atoms with Crippen LogP contribution in [-0.4, -0.2) is 26.0 Å². The van der Waals surface area contributed by atoms with Crippen molar-refractivity contribution in [1.82, 2.24) is 0 Å². The summed E-state index contributed by atoms with van der Waals surface area (Å²) in [4.78, 5) is 0. The molecule has 0 radical (unpaired) electrons. The minimum absolute atomic E-state index is 0.433. The van der Waals surface area contributed by atoms with Gasteiger partial charge in [-0.3, -0.25) is 4.57 Å². The van der Waals surface area contributed by atoms with Crippen LogP contribution < -0.4 is 4.74 Å². The van der Waals surface area contributed by atoms with Crippen molar-refractivity contribution < 1.29 is 18.3 Å². The number of hydrogen-bond acceptors (Lipinski definition) is 4. The molecule has 120 valence electrons. The fourth-order valence-corrected chi connectivity index (χ4v) is 3.76. The van der Waals surface area contributed by atoms with E-state index in [-0.39, 0.29) is 0 Å². The number of benzene rings is 1. The molecule has 0 bridgehead atoms. The third-order valence-corrected chi connectivity index (χ3v) is 5.16. The van der Waals surface area contributed by atoms with Crippen LogP contribution in [0.2, 0.25) is 0 Å². The van der Waals surface area contributed by atoms with Crippen LogP contribution in [0.5, 0.6) is 5.75 Å². The Kier molecular flexibility index (Phi) is 9.40. The molecule has 0 aliphatic rings. The lowest BCUT2D eigenvalue weighted by Crippen LogP contribution is -2.01. The van der Waals surface area contributed by atoms with Gasteiger partial charge in [0.05, 0.1) is 26.0 Å². The highest BCUT2D eigenvalue weighted by Crippen LogP contribution is 2.48. The van der Waals surface area contributed by atoms with Gasteiger partial charge < -0.3 is 13.8 Å². The van der Waals surface area contributed by atoms with Crippen molar-refractivity contribution in [2.24, 2.45) is 0 Å². The highest BCUT2D eigenvalue weighted by atomic mass is 31.2. The molecule has 21 heavy (non-hydrogen) atoms. The molecule has 1 rings (SSSR count). The molecule has 0 unspecified atom stereocenters. The number of ether oxygens (including phenoxy) is 1. The number of hydrogen-bond donors (Lipinski definition) is 0. The Morgan fingerprint density at radius 1 is 0.905 bits per heavy atom. The summed E-state index contributed by atoms with van der Waals surface area (Å²) in [6.07, 6.45) is 4.45. The maximum atomic E-state index is 12.2. The lowest BCUT2D eigenvalue weighted by Gasteiger charge is -2.16. The summed E-state index contributed by atoms with van der Waals surface area (Å²) >= 11 is 0. The Hall–Kier alpha value is -0.830. The molecule has 0 saturated carbocycles. The van der Waals surface area contributed by atoms with Gasteiger partial charge in [0.2, 0.25) is 0 Å². The molecule has 1 aromatic rings. The Balaban J connectivity index is 2.07. The second-order valence-corrected chi connectivity index (χ2v) is 6.93. The molecule has 0 aliphatic carbocycles. The van der Waals surface area contributed by atoms with Crippen molar-refractivity contribution in [1.29, 1.82) is 0 Å². The summed E-state index contributed by atoms with van der Waals surface area (Å²) in [5.74, 6) is 0.912. The fourth-order valence-electron chi connectivity index (χ4n) is 2.03. The average Bonchev–Trinajstić information content (AvgIpc) is 2.48. The summed E-state index contributed by atoms with van der Waals surface area (Å²) in [6.45, 7) is 5.27. The van der Waals surface area contributed by atoms with E-state index >= 15 is 0 Å². The molecule has 0 aromatic heterocycles. The smallest absolute Gasteiger partial charge is 0.330 e. The first-order chi connectivity index (χ1) is 10.2. The van der Waals surface area contributed by atoms with E-state index in [4.69, 9.17) is 13.8 Å². The van der Waals surface area contributed by atoms with Gasteiger partial charge >= 0.3 is 7.60 Å². The molecular formula is C16H27O4P. The van der Waals surface area contributed by atoms with Gasteiger partial charge in [-0.2, -0.15) is 0 Å². The van der Waals surface area contributed by atoms with E-state index in [2.05, 4.69) is 0 Å². The molecule has 0 saturated heterocycles. The molecule has 0 amide bonds. The minimum atomic E-state index is -2.85. The van der Waals surface area contributed by atoms with Gasteiger partial charge in [0, 0.05) is 0 Å². The predicted molar refractivity (Wildman–Crippen MR) is 86.1 cm³/mol. The average molecular weight is 314 g/mol. The fraction of sp³-hybridized carbons (Fsp3) is 0.625. The van der Waals surface area contributed by atoms with Crippen molar-refractivity contribution in [3.63, 3.8) is 0 Å². The van der Waals surface area contributed by atoms with Gasteiger partial charge in [-0.25, -0.2) is 0 Å². The molecule has 0 fully saturated rings. The first-order valence-electron chi connectivity index (χ1n) is 7.76. The molecule has 0 aliphatic heterocycles. The summed E-state index contributed by atoms with van der Waals surface area (Å²) < 4.78 is 28.4. The van der Waals surface area contributed by atoms with Gasteiger partial charge in [-0.1, -0.05) is 31.0 Å². The van der Waals surface area contributed by atoms with Crippen LogP contribution in [0.1, 0.15) is 39.5 Å². The molecule has 0 spiro atoms. The van der Waals surface area contributed by atoms with Crippen molar-refractivity contribution in [3.8, 4) is 5.75 Å². The van der Waals surface area contributed by atoms with E-state index in [0.717, 1.165) is 38.0 Å². The van der Waals surface area contributed by atoms with Crippen LogP contribution in [-0.2, 0) is 13.6 Å². The van der Waals surface area contributed by atoms with Crippen LogP contribution in [0.25, 0.3) is 0 Å². The molecule has 5 heteroatoms. The number of rotatable bonds is 12. The SMILES string of the molecule is CCOP(=O)(CCCCCCOc1ccccc1)OCC. The quantitative estimate of drug-likeness (QED) is 0.407. The summed E-state index contributed by atoms with van der Waals surface area (Å²) in [5.41, 5.74) is 0.